The SMILES string of the molecule is CCC(C)C(N)C(=O)NCc1ccc2ccccc2c1.Cl. The molecule has 2 unspecified atom stereocenters. The molecule has 2 aromatic carbocycles. The molecule has 3 N–H and O–H groups in total. The van der Waals surface area contributed by atoms with Crippen molar-refractivity contribution in [3.63, 3.8) is 0 Å². The van der Waals surface area contributed by atoms with Crippen LogP contribution in [0.2, 0.25) is 0 Å². The van der Waals surface area contributed by atoms with E-state index in [9.17, 15) is 4.79 Å². The standard InChI is InChI=1S/C17H22N2O.ClH/c1-3-12(2)16(18)17(20)19-11-13-8-9-14-6-4-5-7-15(14)10-13;/h4-10,12,16H,3,11,18H2,1-2H3,(H,19,20);1H. The third-order valence-corrected chi connectivity index (χ3v) is 3.84. The Bertz CT molecular complexity index is 600. The molecule has 0 bridgehead atoms. The number of fused-ring (bicyclic) bond motifs is 1. The van der Waals surface area contributed by atoms with Gasteiger partial charge in [0, 0.05) is 6.54 Å². The van der Waals surface area contributed by atoms with Gasteiger partial charge in [-0.3, -0.25) is 4.79 Å². The largest absolute Gasteiger partial charge is 0.351 e. The van der Waals surface area contributed by atoms with Crippen molar-refractivity contribution in [3.05, 3.63) is 48.0 Å². The lowest BCUT2D eigenvalue weighted by molar-refractivity contribution is -0.123. The van der Waals surface area contributed by atoms with E-state index in [-0.39, 0.29) is 24.2 Å². The molecule has 2 rings (SSSR count). The highest BCUT2D eigenvalue weighted by Crippen LogP contribution is 2.15. The Morgan fingerprint density at radius 2 is 1.86 bits per heavy atom. The number of benzene rings is 2. The lowest BCUT2D eigenvalue weighted by Gasteiger charge is -2.17. The molecule has 4 heteroatoms. The van der Waals surface area contributed by atoms with Gasteiger partial charge in [0.05, 0.1) is 6.04 Å². The Labute approximate surface area is 132 Å². The van der Waals surface area contributed by atoms with Crippen LogP contribution in [-0.4, -0.2) is 11.9 Å². The van der Waals surface area contributed by atoms with Crippen LogP contribution in [0.3, 0.4) is 0 Å². The van der Waals surface area contributed by atoms with E-state index in [4.69, 9.17) is 5.73 Å². The molecule has 2 aromatic rings. The maximum absolute atomic E-state index is 11.9. The second-order valence-electron chi connectivity index (χ2n) is 5.31. The zero-order chi connectivity index (χ0) is 14.5. The maximum atomic E-state index is 11.9. The lowest BCUT2D eigenvalue weighted by atomic mass is 9.99. The minimum absolute atomic E-state index is 0. The molecule has 0 aliphatic heterocycles. The molecule has 0 saturated carbocycles. The summed E-state index contributed by atoms with van der Waals surface area (Å²) in [4.78, 5) is 11.9. The minimum atomic E-state index is -0.430. The predicted molar refractivity (Wildman–Crippen MR) is 90.5 cm³/mol. The van der Waals surface area contributed by atoms with Gasteiger partial charge in [0.1, 0.15) is 0 Å². The Kier molecular flexibility index (Phi) is 6.66. The summed E-state index contributed by atoms with van der Waals surface area (Å²) >= 11 is 0. The fourth-order valence-corrected chi connectivity index (χ4v) is 2.17. The second-order valence-corrected chi connectivity index (χ2v) is 5.31. The van der Waals surface area contributed by atoms with Gasteiger partial charge in [0.25, 0.3) is 0 Å². The van der Waals surface area contributed by atoms with Gasteiger partial charge in [-0.1, -0.05) is 56.7 Å². The zero-order valence-corrected chi connectivity index (χ0v) is 13.3. The van der Waals surface area contributed by atoms with E-state index in [1.165, 1.54) is 10.8 Å². The van der Waals surface area contributed by atoms with E-state index in [0.717, 1.165) is 12.0 Å². The molecular formula is C17H23ClN2O. The molecule has 1 amide bonds. The monoisotopic (exact) mass is 306 g/mol. The molecule has 0 radical (unpaired) electrons. The number of carbonyl (C=O) groups excluding carboxylic acids is 1. The highest BCUT2D eigenvalue weighted by Gasteiger charge is 2.18. The Morgan fingerprint density at radius 3 is 2.52 bits per heavy atom. The molecule has 2 atom stereocenters. The minimum Gasteiger partial charge on any atom is -0.351 e. The molecule has 0 fully saturated rings. The molecule has 0 heterocycles. The number of halogens is 1. The van der Waals surface area contributed by atoms with E-state index in [1.807, 2.05) is 32.0 Å². The van der Waals surface area contributed by atoms with Gasteiger partial charge < -0.3 is 11.1 Å². The van der Waals surface area contributed by atoms with Gasteiger partial charge in [-0.15, -0.1) is 12.4 Å². The van der Waals surface area contributed by atoms with Crippen LogP contribution in [-0.2, 0) is 11.3 Å². The highest BCUT2D eigenvalue weighted by atomic mass is 35.5. The number of rotatable bonds is 5. The number of hydrogen-bond donors (Lipinski definition) is 2. The summed E-state index contributed by atoms with van der Waals surface area (Å²) < 4.78 is 0. The van der Waals surface area contributed by atoms with Gasteiger partial charge >= 0.3 is 0 Å². The summed E-state index contributed by atoms with van der Waals surface area (Å²) in [6, 6.07) is 14.0. The van der Waals surface area contributed by atoms with Crippen molar-refractivity contribution in [2.45, 2.75) is 32.9 Å². The van der Waals surface area contributed by atoms with Crippen LogP contribution < -0.4 is 11.1 Å². The molecule has 0 spiro atoms. The van der Waals surface area contributed by atoms with Crippen molar-refractivity contribution in [3.8, 4) is 0 Å². The van der Waals surface area contributed by atoms with Crippen LogP contribution in [0.1, 0.15) is 25.8 Å². The number of nitrogens with two attached hydrogens (primary N) is 1. The van der Waals surface area contributed by atoms with Crippen LogP contribution in [0, 0.1) is 5.92 Å². The van der Waals surface area contributed by atoms with Crippen molar-refractivity contribution in [1.82, 2.24) is 5.32 Å². The first-order valence-electron chi connectivity index (χ1n) is 7.12. The fourth-order valence-electron chi connectivity index (χ4n) is 2.17. The van der Waals surface area contributed by atoms with Gasteiger partial charge in [-0.2, -0.15) is 0 Å². The average Bonchev–Trinajstić information content (AvgIpc) is 2.50. The molecule has 114 valence electrons. The normalized spacial score (nSPS) is 13.3. The van der Waals surface area contributed by atoms with Crippen LogP contribution in [0.4, 0.5) is 0 Å². The molecule has 3 nitrogen and oxygen atoms in total. The summed E-state index contributed by atoms with van der Waals surface area (Å²) in [5.74, 6) is 0.124. The van der Waals surface area contributed by atoms with Crippen LogP contribution in [0.15, 0.2) is 42.5 Å². The topological polar surface area (TPSA) is 55.1 Å². The van der Waals surface area contributed by atoms with E-state index in [0.29, 0.717) is 6.54 Å². The number of hydrogen-bond acceptors (Lipinski definition) is 2. The average molecular weight is 307 g/mol. The van der Waals surface area contributed by atoms with Gasteiger partial charge in [0.15, 0.2) is 0 Å². The van der Waals surface area contributed by atoms with Crippen LogP contribution in [0.25, 0.3) is 10.8 Å². The number of nitrogens with one attached hydrogen (secondary N) is 1. The van der Waals surface area contributed by atoms with Crippen molar-refractivity contribution >= 4 is 29.1 Å². The smallest absolute Gasteiger partial charge is 0.237 e. The predicted octanol–water partition coefficient (Wildman–Crippen LogP) is 3.25. The lowest BCUT2D eigenvalue weighted by Crippen LogP contribution is -2.44. The van der Waals surface area contributed by atoms with E-state index in [1.54, 1.807) is 0 Å². The highest BCUT2D eigenvalue weighted by molar-refractivity contribution is 5.85. The van der Waals surface area contributed by atoms with E-state index >= 15 is 0 Å². The third-order valence-electron chi connectivity index (χ3n) is 3.84. The van der Waals surface area contributed by atoms with Crippen LogP contribution in [0.5, 0.6) is 0 Å². The van der Waals surface area contributed by atoms with Crippen molar-refractivity contribution in [2.24, 2.45) is 11.7 Å². The second kappa shape index (κ2) is 8.01. The third kappa shape index (κ3) is 4.45. The molecule has 0 aliphatic carbocycles. The zero-order valence-electron chi connectivity index (χ0n) is 12.5. The molecule has 0 aliphatic rings. The van der Waals surface area contributed by atoms with Gasteiger partial charge in [0.2, 0.25) is 5.91 Å². The van der Waals surface area contributed by atoms with Crippen LogP contribution >= 0.6 is 12.4 Å². The molecule has 21 heavy (non-hydrogen) atoms. The van der Waals surface area contributed by atoms with E-state index < -0.39 is 6.04 Å². The van der Waals surface area contributed by atoms with Gasteiger partial charge in [-0.05, 0) is 28.3 Å². The summed E-state index contributed by atoms with van der Waals surface area (Å²) in [7, 11) is 0. The first kappa shape index (κ1) is 17.5. The van der Waals surface area contributed by atoms with Crippen molar-refractivity contribution in [1.29, 1.82) is 0 Å². The summed E-state index contributed by atoms with van der Waals surface area (Å²) in [6.45, 7) is 4.56. The summed E-state index contributed by atoms with van der Waals surface area (Å²) in [5.41, 5.74) is 7.01. The van der Waals surface area contributed by atoms with Crippen molar-refractivity contribution < 1.29 is 4.79 Å². The Balaban J connectivity index is 0.00000220. The molecule has 0 saturated heterocycles. The quantitative estimate of drug-likeness (QED) is 0.891. The Morgan fingerprint density at radius 1 is 1.19 bits per heavy atom. The van der Waals surface area contributed by atoms with E-state index in [2.05, 4.69) is 29.6 Å². The summed E-state index contributed by atoms with van der Waals surface area (Å²) in [6.07, 6.45) is 0.907. The van der Waals surface area contributed by atoms with Gasteiger partial charge in [-0.25, -0.2) is 0 Å². The van der Waals surface area contributed by atoms with Crippen molar-refractivity contribution in [2.75, 3.05) is 0 Å². The molecule has 0 aromatic heterocycles. The fraction of sp³-hybridized carbons (Fsp3) is 0.353. The molecular weight excluding hydrogens is 284 g/mol. The Hall–Kier alpha value is -1.58. The first-order chi connectivity index (χ1) is 9.61. The number of carbonyl (C=O) groups is 1. The number of amides is 1. The first-order valence-corrected chi connectivity index (χ1v) is 7.12. The maximum Gasteiger partial charge on any atom is 0.237 e. The summed E-state index contributed by atoms with van der Waals surface area (Å²) in [5, 5.41) is 5.31.